The van der Waals surface area contributed by atoms with Crippen LogP contribution < -0.4 is 5.43 Å². The SMILES string of the molecule is O=C(N/N=C/c1ccc(-c2ccc([N+](=O)[O-])cc2Cl)o1)c1ccc(I)cc1. The van der Waals surface area contributed by atoms with E-state index in [9.17, 15) is 14.9 Å². The number of halogens is 2. The molecule has 1 N–H and O–H groups in total. The van der Waals surface area contributed by atoms with Crippen LogP contribution in [0.5, 0.6) is 0 Å². The molecule has 136 valence electrons. The number of nitro benzene ring substituents is 1. The number of amides is 1. The Morgan fingerprint density at radius 2 is 1.93 bits per heavy atom. The van der Waals surface area contributed by atoms with Crippen LogP contribution in [0, 0.1) is 13.7 Å². The fourth-order valence-electron chi connectivity index (χ4n) is 2.20. The minimum absolute atomic E-state index is 0.101. The Kier molecular flexibility index (Phi) is 5.87. The summed E-state index contributed by atoms with van der Waals surface area (Å²) < 4.78 is 6.63. The van der Waals surface area contributed by atoms with E-state index in [0.717, 1.165) is 3.57 Å². The van der Waals surface area contributed by atoms with E-state index < -0.39 is 4.92 Å². The molecule has 2 aromatic carbocycles. The molecule has 1 amide bonds. The van der Waals surface area contributed by atoms with Gasteiger partial charge in [-0.25, -0.2) is 5.43 Å². The molecule has 3 aromatic rings. The van der Waals surface area contributed by atoms with Crippen LogP contribution in [-0.4, -0.2) is 17.0 Å². The summed E-state index contributed by atoms with van der Waals surface area (Å²) >= 11 is 8.24. The van der Waals surface area contributed by atoms with Gasteiger partial charge in [-0.2, -0.15) is 5.10 Å². The van der Waals surface area contributed by atoms with Gasteiger partial charge in [0.05, 0.1) is 16.2 Å². The molecule has 1 heterocycles. The molecular weight excluding hydrogens is 485 g/mol. The molecule has 0 aliphatic carbocycles. The van der Waals surface area contributed by atoms with E-state index >= 15 is 0 Å². The molecule has 0 saturated carbocycles. The van der Waals surface area contributed by atoms with Crippen molar-refractivity contribution in [2.75, 3.05) is 0 Å². The summed E-state index contributed by atoms with van der Waals surface area (Å²) in [4.78, 5) is 22.2. The van der Waals surface area contributed by atoms with Gasteiger partial charge in [-0.1, -0.05) is 11.6 Å². The predicted octanol–water partition coefficient (Wildman–Crippen LogP) is 4.88. The fourth-order valence-corrected chi connectivity index (χ4v) is 2.83. The highest BCUT2D eigenvalue weighted by Crippen LogP contribution is 2.32. The number of nitro groups is 1. The summed E-state index contributed by atoms with van der Waals surface area (Å²) in [5.74, 6) is 0.482. The van der Waals surface area contributed by atoms with Crippen molar-refractivity contribution in [3.8, 4) is 11.3 Å². The van der Waals surface area contributed by atoms with E-state index in [1.165, 1.54) is 24.4 Å². The lowest BCUT2D eigenvalue weighted by atomic mass is 10.1. The third-order valence-electron chi connectivity index (χ3n) is 3.52. The van der Waals surface area contributed by atoms with Crippen molar-refractivity contribution in [3.05, 3.63) is 84.6 Å². The monoisotopic (exact) mass is 495 g/mol. The highest BCUT2D eigenvalue weighted by Gasteiger charge is 2.13. The summed E-state index contributed by atoms with van der Waals surface area (Å²) in [6.07, 6.45) is 1.35. The molecule has 0 atom stereocenters. The van der Waals surface area contributed by atoms with Crippen molar-refractivity contribution in [2.45, 2.75) is 0 Å². The predicted molar refractivity (Wildman–Crippen MR) is 110 cm³/mol. The molecular formula is C18H11ClIN3O4. The Balaban J connectivity index is 1.69. The van der Waals surface area contributed by atoms with Gasteiger partial charge in [0.25, 0.3) is 11.6 Å². The first-order chi connectivity index (χ1) is 12.9. The van der Waals surface area contributed by atoms with E-state index in [1.54, 1.807) is 24.3 Å². The zero-order valence-corrected chi connectivity index (χ0v) is 16.5. The number of carbonyl (C=O) groups excluding carboxylic acids is 1. The maximum absolute atomic E-state index is 12.0. The van der Waals surface area contributed by atoms with Crippen LogP contribution in [-0.2, 0) is 0 Å². The van der Waals surface area contributed by atoms with Crippen molar-refractivity contribution in [2.24, 2.45) is 5.10 Å². The van der Waals surface area contributed by atoms with Gasteiger partial charge in [0.1, 0.15) is 11.5 Å². The second-order valence-electron chi connectivity index (χ2n) is 5.33. The number of carbonyl (C=O) groups is 1. The van der Waals surface area contributed by atoms with Crippen LogP contribution in [0.3, 0.4) is 0 Å². The number of non-ortho nitro benzene ring substituents is 1. The Hall–Kier alpha value is -2.72. The van der Waals surface area contributed by atoms with E-state index in [1.807, 2.05) is 12.1 Å². The lowest BCUT2D eigenvalue weighted by Gasteiger charge is -2.00. The zero-order valence-electron chi connectivity index (χ0n) is 13.6. The van der Waals surface area contributed by atoms with Gasteiger partial charge in [0.15, 0.2) is 0 Å². The van der Waals surface area contributed by atoms with Crippen LogP contribution in [0.25, 0.3) is 11.3 Å². The third-order valence-corrected chi connectivity index (χ3v) is 4.55. The van der Waals surface area contributed by atoms with Crippen molar-refractivity contribution >= 4 is 52.0 Å². The van der Waals surface area contributed by atoms with Gasteiger partial charge in [-0.05, 0) is 65.1 Å². The summed E-state index contributed by atoms with van der Waals surface area (Å²) in [6.45, 7) is 0. The minimum Gasteiger partial charge on any atom is -0.455 e. The quantitative estimate of drug-likeness (QED) is 0.236. The van der Waals surface area contributed by atoms with Crippen LogP contribution in [0.1, 0.15) is 16.1 Å². The number of benzene rings is 2. The van der Waals surface area contributed by atoms with Gasteiger partial charge in [0.2, 0.25) is 0 Å². The molecule has 0 saturated heterocycles. The fraction of sp³-hybridized carbons (Fsp3) is 0. The van der Waals surface area contributed by atoms with E-state index in [4.69, 9.17) is 16.0 Å². The maximum Gasteiger partial charge on any atom is 0.271 e. The Morgan fingerprint density at radius 3 is 2.59 bits per heavy atom. The van der Waals surface area contributed by atoms with Crippen molar-refractivity contribution in [1.29, 1.82) is 0 Å². The largest absolute Gasteiger partial charge is 0.455 e. The van der Waals surface area contributed by atoms with Gasteiger partial charge in [-0.15, -0.1) is 0 Å². The second-order valence-corrected chi connectivity index (χ2v) is 6.98. The van der Waals surface area contributed by atoms with Crippen molar-refractivity contribution in [3.63, 3.8) is 0 Å². The average Bonchev–Trinajstić information content (AvgIpc) is 3.10. The second kappa shape index (κ2) is 8.31. The lowest BCUT2D eigenvalue weighted by Crippen LogP contribution is -2.17. The molecule has 0 aliphatic rings. The number of hydrazone groups is 1. The van der Waals surface area contributed by atoms with Crippen LogP contribution in [0.2, 0.25) is 5.02 Å². The van der Waals surface area contributed by atoms with E-state index in [2.05, 4.69) is 33.1 Å². The summed E-state index contributed by atoms with van der Waals surface area (Å²) in [5, 5.41) is 14.8. The topological polar surface area (TPSA) is 97.7 Å². The van der Waals surface area contributed by atoms with Crippen LogP contribution in [0.15, 0.2) is 64.1 Å². The number of hydrogen-bond acceptors (Lipinski definition) is 5. The van der Waals surface area contributed by atoms with Gasteiger partial charge in [0, 0.05) is 26.8 Å². The van der Waals surface area contributed by atoms with Crippen LogP contribution >= 0.6 is 34.2 Å². The van der Waals surface area contributed by atoms with Gasteiger partial charge < -0.3 is 4.42 Å². The minimum atomic E-state index is -0.522. The Bertz CT molecular complexity index is 1030. The third kappa shape index (κ3) is 4.72. The smallest absolute Gasteiger partial charge is 0.271 e. The van der Waals surface area contributed by atoms with Crippen molar-refractivity contribution < 1.29 is 14.1 Å². The lowest BCUT2D eigenvalue weighted by molar-refractivity contribution is -0.384. The molecule has 3 rings (SSSR count). The molecule has 0 fully saturated rings. The molecule has 7 nitrogen and oxygen atoms in total. The number of nitrogens with one attached hydrogen (secondary N) is 1. The summed E-state index contributed by atoms with van der Waals surface area (Å²) in [5.41, 5.74) is 3.32. The summed E-state index contributed by atoms with van der Waals surface area (Å²) in [6, 6.07) is 14.5. The van der Waals surface area contributed by atoms with Gasteiger partial charge >= 0.3 is 0 Å². The number of hydrogen-bond donors (Lipinski definition) is 1. The van der Waals surface area contributed by atoms with Crippen LogP contribution in [0.4, 0.5) is 5.69 Å². The molecule has 0 bridgehead atoms. The Labute approximate surface area is 172 Å². The average molecular weight is 496 g/mol. The molecule has 27 heavy (non-hydrogen) atoms. The first-order valence-corrected chi connectivity index (χ1v) is 9.03. The zero-order chi connectivity index (χ0) is 19.4. The first-order valence-electron chi connectivity index (χ1n) is 7.57. The van der Waals surface area contributed by atoms with E-state index in [0.29, 0.717) is 22.6 Å². The van der Waals surface area contributed by atoms with E-state index in [-0.39, 0.29) is 16.6 Å². The number of rotatable bonds is 5. The van der Waals surface area contributed by atoms with Crippen molar-refractivity contribution in [1.82, 2.24) is 5.43 Å². The van der Waals surface area contributed by atoms with Gasteiger partial charge in [-0.3, -0.25) is 14.9 Å². The molecule has 0 spiro atoms. The molecule has 0 aliphatic heterocycles. The standard InChI is InChI=1S/C18H11ClIN3O4/c19-16-9-13(23(25)26)5-7-15(16)17-8-6-14(27-17)10-21-22-18(24)11-1-3-12(20)4-2-11/h1-10H,(H,22,24)/b21-10+. The number of nitrogens with zero attached hydrogens (tertiary/aromatic N) is 2. The highest BCUT2D eigenvalue weighted by molar-refractivity contribution is 14.1. The number of furan rings is 1. The first kappa shape index (κ1) is 19.1. The molecule has 0 radical (unpaired) electrons. The molecule has 1 aromatic heterocycles. The summed E-state index contributed by atoms with van der Waals surface area (Å²) in [7, 11) is 0. The highest BCUT2D eigenvalue weighted by atomic mass is 127. The molecule has 9 heteroatoms. The Morgan fingerprint density at radius 1 is 1.19 bits per heavy atom. The maximum atomic E-state index is 12.0. The molecule has 0 unspecified atom stereocenters. The normalized spacial score (nSPS) is 10.9.